The second-order valence-electron chi connectivity index (χ2n) is 8.35. The van der Waals surface area contributed by atoms with E-state index in [9.17, 15) is 36.5 Å². The predicted octanol–water partition coefficient (Wildman–Crippen LogP) is 5.29. The maximum atomic E-state index is 12.9. The van der Waals surface area contributed by atoms with Crippen LogP contribution < -0.4 is 5.73 Å². The predicted molar refractivity (Wildman–Crippen MR) is 115 cm³/mol. The molecule has 0 saturated heterocycles. The van der Waals surface area contributed by atoms with Gasteiger partial charge in [-0.2, -0.15) is 31.3 Å². The number of non-ortho nitro benzene ring substituents is 1. The highest BCUT2D eigenvalue weighted by molar-refractivity contribution is 7.99. The van der Waals surface area contributed by atoms with E-state index in [1.54, 1.807) is 0 Å². The van der Waals surface area contributed by atoms with Gasteiger partial charge in [-0.3, -0.25) is 10.1 Å². The van der Waals surface area contributed by atoms with Crippen molar-refractivity contribution in [2.45, 2.75) is 66.2 Å². The fourth-order valence-corrected chi connectivity index (χ4v) is 4.53. The van der Waals surface area contributed by atoms with Crippen molar-refractivity contribution in [3.05, 3.63) is 40.7 Å². The van der Waals surface area contributed by atoms with Gasteiger partial charge in [-0.05, 0) is 25.0 Å². The van der Waals surface area contributed by atoms with Gasteiger partial charge in [0, 0.05) is 17.0 Å². The minimum atomic E-state index is -4.82. The smallest absolute Gasteiger partial charge is 0.369 e. The summed E-state index contributed by atoms with van der Waals surface area (Å²) in [6.07, 6.45) is -13.3. The zero-order valence-corrected chi connectivity index (χ0v) is 19.0. The van der Waals surface area contributed by atoms with Crippen molar-refractivity contribution in [3.63, 3.8) is 0 Å². The number of nitrogens with zero attached hydrogens (tertiary/aromatic N) is 5. The summed E-state index contributed by atoms with van der Waals surface area (Å²) in [7, 11) is 0. The van der Waals surface area contributed by atoms with Gasteiger partial charge in [-0.15, -0.1) is 0 Å². The topological polar surface area (TPSA) is 122 Å². The Kier molecular flexibility index (Phi) is 6.76. The van der Waals surface area contributed by atoms with Crippen LogP contribution in [0.3, 0.4) is 0 Å². The third-order valence-electron chi connectivity index (χ3n) is 5.31. The van der Waals surface area contributed by atoms with Crippen molar-refractivity contribution in [2.75, 3.05) is 5.73 Å². The Balaban J connectivity index is 1.56. The molecule has 194 valence electrons. The average Bonchev–Trinajstić information content (AvgIpc) is 3.36. The fourth-order valence-electron chi connectivity index (χ4n) is 3.66. The van der Waals surface area contributed by atoms with Crippen LogP contribution in [-0.4, -0.2) is 48.5 Å². The number of halogens is 6. The molecule has 0 bridgehead atoms. The van der Waals surface area contributed by atoms with Crippen molar-refractivity contribution in [1.29, 1.82) is 0 Å². The number of hydrogen-bond acceptors (Lipinski definition) is 8. The van der Waals surface area contributed by atoms with Crippen LogP contribution in [0.25, 0.3) is 11.2 Å². The highest BCUT2D eigenvalue weighted by Gasteiger charge is 2.50. The Hall–Kier alpha value is -3.14. The molecule has 2 N–H and O–H groups in total. The molecule has 4 rings (SSSR count). The molecule has 1 saturated carbocycles. The van der Waals surface area contributed by atoms with Crippen LogP contribution in [0.15, 0.2) is 40.5 Å². The molecule has 2 aromatic heterocycles. The Morgan fingerprint density at radius 1 is 1.11 bits per heavy atom. The number of rotatable bonds is 9. The Morgan fingerprint density at radius 2 is 1.72 bits per heavy atom. The Bertz CT molecular complexity index is 1240. The van der Waals surface area contributed by atoms with E-state index in [2.05, 4.69) is 15.0 Å². The quantitative estimate of drug-likeness (QED) is 0.169. The summed E-state index contributed by atoms with van der Waals surface area (Å²) in [6, 6.07) is 5.65. The van der Waals surface area contributed by atoms with Crippen molar-refractivity contribution in [3.8, 4) is 0 Å². The van der Waals surface area contributed by atoms with E-state index < -0.39 is 41.8 Å². The van der Waals surface area contributed by atoms with Gasteiger partial charge in [0.25, 0.3) is 5.69 Å². The van der Waals surface area contributed by atoms with Gasteiger partial charge in [0.2, 0.25) is 5.95 Å². The number of fused-ring (bicyclic) bond motifs is 1. The zero-order valence-electron chi connectivity index (χ0n) is 18.2. The molecule has 1 aliphatic rings. The number of imidazole rings is 1. The number of anilines is 1. The Labute approximate surface area is 203 Å². The normalized spacial score (nSPS) is 15.5. The second kappa shape index (κ2) is 9.38. The third-order valence-corrected chi connectivity index (χ3v) is 6.30. The van der Waals surface area contributed by atoms with E-state index in [-0.39, 0.29) is 36.7 Å². The van der Waals surface area contributed by atoms with Gasteiger partial charge in [0.1, 0.15) is 10.5 Å². The molecule has 16 heteroatoms. The molecule has 2 heterocycles. The van der Waals surface area contributed by atoms with E-state index in [0.717, 1.165) is 11.8 Å². The maximum Gasteiger partial charge on any atom is 0.391 e. The third kappa shape index (κ3) is 6.54. The van der Waals surface area contributed by atoms with E-state index in [4.69, 9.17) is 10.5 Å². The summed E-state index contributed by atoms with van der Waals surface area (Å²) in [4.78, 5) is 23.4. The lowest BCUT2D eigenvalue weighted by Gasteiger charge is -2.26. The van der Waals surface area contributed by atoms with Crippen molar-refractivity contribution < 1.29 is 36.0 Å². The molecule has 0 radical (unpaired) electrons. The van der Waals surface area contributed by atoms with Crippen molar-refractivity contribution in [2.24, 2.45) is 0 Å². The van der Waals surface area contributed by atoms with Crippen LogP contribution in [0.5, 0.6) is 0 Å². The van der Waals surface area contributed by atoms with Crippen molar-refractivity contribution >= 4 is 34.6 Å². The standard InChI is InChI=1S/C20H18F6N6O3S/c21-19(22,23)7-12(8-20(24,25)26)35-18(5-6-18)9-31-10-28-14-15(31)29-17(27)30-16(14)36-13-3-1-11(2-4-13)32(33)34/h1-4,10,12H,5-9H2,(H2,27,29,30). The number of alkyl halides is 6. The molecule has 0 amide bonds. The van der Waals surface area contributed by atoms with Crippen LogP contribution in [-0.2, 0) is 11.3 Å². The molecule has 0 spiro atoms. The zero-order chi connectivity index (χ0) is 26.3. The fraction of sp³-hybridized carbons (Fsp3) is 0.450. The summed E-state index contributed by atoms with van der Waals surface area (Å²) in [5.74, 6) is -0.133. The lowest BCUT2D eigenvalue weighted by molar-refractivity contribution is -0.384. The number of nitrogens with two attached hydrogens (primary N) is 1. The van der Waals surface area contributed by atoms with E-state index in [1.165, 1.54) is 35.2 Å². The van der Waals surface area contributed by atoms with Crippen LogP contribution in [0, 0.1) is 10.1 Å². The molecule has 1 fully saturated rings. The largest absolute Gasteiger partial charge is 0.391 e. The van der Waals surface area contributed by atoms with E-state index >= 15 is 0 Å². The molecule has 0 unspecified atom stereocenters. The molecular weight excluding hydrogens is 518 g/mol. The van der Waals surface area contributed by atoms with Gasteiger partial charge >= 0.3 is 12.4 Å². The van der Waals surface area contributed by atoms with Gasteiger partial charge in [0.15, 0.2) is 5.65 Å². The molecule has 1 aliphatic carbocycles. The lowest BCUT2D eigenvalue weighted by Crippen LogP contribution is -2.34. The Morgan fingerprint density at radius 3 is 2.25 bits per heavy atom. The summed E-state index contributed by atoms with van der Waals surface area (Å²) >= 11 is 1.11. The minimum Gasteiger partial charge on any atom is -0.369 e. The summed E-state index contributed by atoms with van der Waals surface area (Å²) in [6.45, 7) is -0.0756. The minimum absolute atomic E-state index is 0.0756. The van der Waals surface area contributed by atoms with Gasteiger partial charge < -0.3 is 15.0 Å². The molecule has 0 atom stereocenters. The first kappa shape index (κ1) is 25.9. The first-order valence-electron chi connectivity index (χ1n) is 10.4. The molecular formula is C20H18F6N6O3S. The van der Waals surface area contributed by atoms with Gasteiger partial charge in [-0.25, -0.2) is 9.97 Å². The number of aromatic nitrogens is 4. The van der Waals surface area contributed by atoms with Crippen LogP contribution in [0.2, 0.25) is 0 Å². The number of hydrogen-bond donors (Lipinski definition) is 1. The summed E-state index contributed by atoms with van der Waals surface area (Å²) in [5.41, 5.74) is 5.03. The number of ether oxygens (including phenoxy) is 1. The van der Waals surface area contributed by atoms with Crippen molar-refractivity contribution in [1.82, 2.24) is 19.5 Å². The second-order valence-corrected chi connectivity index (χ2v) is 9.41. The highest BCUT2D eigenvalue weighted by atomic mass is 32.2. The summed E-state index contributed by atoms with van der Waals surface area (Å²) < 4.78 is 84.0. The maximum absolute atomic E-state index is 12.9. The van der Waals surface area contributed by atoms with E-state index in [1.807, 2.05) is 0 Å². The molecule has 1 aromatic carbocycles. The number of nitro benzene ring substituents is 1. The van der Waals surface area contributed by atoms with E-state index in [0.29, 0.717) is 15.4 Å². The van der Waals surface area contributed by atoms with Crippen LogP contribution >= 0.6 is 11.8 Å². The first-order chi connectivity index (χ1) is 16.7. The van der Waals surface area contributed by atoms with Crippen LogP contribution in [0.4, 0.5) is 38.0 Å². The number of benzene rings is 1. The number of nitro groups is 1. The highest BCUT2D eigenvalue weighted by Crippen LogP contribution is 2.45. The number of nitrogen functional groups attached to an aromatic ring is 1. The first-order valence-corrected chi connectivity index (χ1v) is 11.3. The SMILES string of the molecule is Nc1nc(Sc2ccc([N+](=O)[O-])cc2)c2ncn(CC3(OC(CC(F)(F)F)CC(F)(F)F)CC3)c2n1. The summed E-state index contributed by atoms with van der Waals surface area (Å²) in [5, 5.41) is 11.2. The molecule has 3 aromatic rings. The molecule has 9 nitrogen and oxygen atoms in total. The monoisotopic (exact) mass is 536 g/mol. The van der Waals surface area contributed by atoms with Crippen LogP contribution in [0.1, 0.15) is 25.7 Å². The van der Waals surface area contributed by atoms with Gasteiger partial charge in [-0.1, -0.05) is 11.8 Å². The van der Waals surface area contributed by atoms with Gasteiger partial charge in [0.05, 0.1) is 42.3 Å². The molecule has 0 aliphatic heterocycles. The molecule has 36 heavy (non-hydrogen) atoms. The average molecular weight is 536 g/mol. The lowest BCUT2D eigenvalue weighted by atomic mass is 10.1.